The number of halogens is 4. The van der Waals surface area contributed by atoms with Crippen LogP contribution in [0.4, 0.5) is 18.9 Å². The Labute approximate surface area is 121 Å². The average Bonchev–Trinajstić information content (AvgIpc) is 2.40. The molecular formula is C13H8BrF3N2O. The number of aryl methyl sites for hydroxylation is 1. The molecule has 1 amide bonds. The van der Waals surface area contributed by atoms with Crippen LogP contribution >= 0.6 is 15.9 Å². The maximum Gasteiger partial charge on any atom is 0.258 e. The van der Waals surface area contributed by atoms with Gasteiger partial charge in [-0.2, -0.15) is 0 Å². The Morgan fingerprint density at radius 3 is 2.60 bits per heavy atom. The average molecular weight is 345 g/mol. The molecule has 1 aromatic heterocycles. The Morgan fingerprint density at radius 1 is 1.25 bits per heavy atom. The lowest BCUT2D eigenvalue weighted by Crippen LogP contribution is -2.15. The highest BCUT2D eigenvalue weighted by Gasteiger charge is 2.19. The van der Waals surface area contributed by atoms with Gasteiger partial charge in [0.1, 0.15) is 4.60 Å². The van der Waals surface area contributed by atoms with Crippen molar-refractivity contribution in [3.8, 4) is 0 Å². The second kappa shape index (κ2) is 5.62. The van der Waals surface area contributed by atoms with Gasteiger partial charge in [-0.3, -0.25) is 4.79 Å². The van der Waals surface area contributed by atoms with Gasteiger partial charge in [-0.25, -0.2) is 18.2 Å². The van der Waals surface area contributed by atoms with Crippen LogP contribution in [0, 0.1) is 24.4 Å². The van der Waals surface area contributed by atoms with Crippen molar-refractivity contribution in [1.29, 1.82) is 0 Å². The molecule has 1 N–H and O–H groups in total. The van der Waals surface area contributed by atoms with Crippen LogP contribution in [0.25, 0.3) is 0 Å². The van der Waals surface area contributed by atoms with Crippen LogP contribution in [0.3, 0.4) is 0 Å². The Morgan fingerprint density at radius 2 is 1.95 bits per heavy atom. The number of carbonyl (C=O) groups is 1. The van der Waals surface area contributed by atoms with E-state index in [-0.39, 0.29) is 0 Å². The molecule has 20 heavy (non-hydrogen) atoms. The Hall–Kier alpha value is -1.89. The van der Waals surface area contributed by atoms with Crippen LogP contribution in [-0.2, 0) is 0 Å². The normalized spacial score (nSPS) is 10.4. The zero-order valence-electron chi connectivity index (χ0n) is 10.2. The van der Waals surface area contributed by atoms with Crippen molar-refractivity contribution in [2.24, 2.45) is 0 Å². The first-order valence-corrected chi connectivity index (χ1v) is 6.26. The summed E-state index contributed by atoms with van der Waals surface area (Å²) in [5.41, 5.74) is 0.498. The third-order valence-corrected chi connectivity index (χ3v) is 3.38. The third kappa shape index (κ3) is 2.82. The molecule has 2 rings (SSSR count). The van der Waals surface area contributed by atoms with Gasteiger partial charge >= 0.3 is 0 Å². The van der Waals surface area contributed by atoms with Gasteiger partial charge in [0.2, 0.25) is 0 Å². The molecule has 0 aliphatic rings. The van der Waals surface area contributed by atoms with Crippen LogP contribution in [0.5, 0.6) is 0 Å². The zero-order valence-corrected chi connectivity index (χ0v) is 11.8. The largest absolute Gasteiger partial charge is 0.320 e. The Kier molecular flexibility index (Phi) is 4.08. The topological polar surface area (TPSA) is 42.0 Å². The number of amides is 1. The van der Waals surface area contributed by atoms with Crippen molar-refractivity contribution in [2.45, 2.75) is 6.92 Å². The maximum atomic E-state index is 13.5. The summed E-state index contributed by atoms with van der Waals surface area (Å²) in [7, 11) is 0. The van der Waals surface area contributed by atoms with E-state index in [0.29, 0.717) is 16.4 Å². The van der Waals surface area contributed by atoms with Crippen LogP contribution < -0.4 is 5.32 Å². The number of hydrogen-bond donors (Lipinski definition) is 1. The van der Waals surface area contributed by atoms with E-state index in [9.17, 15) is 18.0 Å². The number of nitrogens with one attached hydrogen (secondary N) is 1. The second-order valence-corrected chi connectivity index (χ2v) is 4.76. The fraction of sp³-hybridized carbons (Fsp3) is 0.0769. The van der Waals surface area contributed by atoms with Crippen LogP contribution in [0.15, 0.2) is 29.0 Å². The number of benzene rings is 1. The van der Waals surface area contributed by atoms with Crippen molar-refractivity contribution in [2.75, 3.05) is 5.32 Å². The van der Waals surface area contributed by atoms with E-state index in [1.807, 2.05) is 0 Å². The van der Waals surface area contributed by atoms with E-state index in [1.54, 1.807) is 13.0 Å². The Bertz CT molecular complexity index is 692. The maximum absolute atomic E-state index is 13.5. The molecule has 0 radical (unpaired) electrons. The zero-order chi connectivity index (χ0) is 14.9. The molecule has 0 saturated carbocycles. The van der Waals surface area contributed by atoms with E-state index in [4.69, 9.17) is 0 Å². The molecule has 104 valence electrons. The standard InChI is InChI=1S/C13H8BrF3N2O/c1-6-4-7(5-18-12(6)14)19-13(20)8-2-3-9(15)11(17)10(8)16/h2-5H,1H3,(H,19,20). The molecule has 0 unspecified atom stereocenters. The van der Waals surface area contributed by atoms with Crippen molar-refractivity contribution < 1.29 is 18.0 Å². The summed E-state index contributed by atoms with van der Waals surface area (Å²) >= 11 is 3.19. The number of anilines is 1. The number of aromatic nitrogens is 1. The van der Waals surface area contributed by atoms with E-state index >= 15 is 0 Å². The van der Waals surface area contributed by atoms with Gasteiger partial charge in [-0.1, -0.05) is 0 Å². The fourth-order valence-electron chi connectivity index (χ4n) is 1.53. The second-order valence-electron chi connectivity index (χ2n) is 4.01. The van der Waals surface area contributed by atoms with E-state index in [1.165, 1.54) is 6.20 Å². The molecule has 0 bridgehead atoms. The summed E-state index contributed by atoms with van der Waals surface area (Å²) in [4.78, 5) is 15.8. The highest BCUT2D eigenvalue weighted by atomic mass is 79.9. The number of hydrogen-bond acceptors (Lipinski definition) is 2. The van der Waals surface area contributed by atoms with Gasteiger partial charge in [0.15, 0.2) is 17.5 Å². The first-order valence-electron chi connectivity index (χ1n) is 5.47. The van der Waals surface area contributed by atoms with Crippen LogP contribution in [-0.4, -0.2) is 10.9 Å². The SMILES string of the molecule is Cc1cc(NC(=O)c2ccc(F)c(F)c2F)cnc1Br. The predicted octanol–water partition coefficient (Wildman–Crippen LogP) is 3.82. The quantitative estimate of drug-likeness (QED) is 0.664. The van der Waals surface area contributed by atoms with E-state index < -0.39 is 28.9 Å². The van der Waals surface area contributed by atoms with Gasteiger partial charge in [0.25, 0.3) is 5.91 Å². The lowest BCUT2D eigenvalue weighted by atomic mass is 10.1. The predicted molar refractivity (Wildman–Crippen MR) is 70.9 cm³/mol. The lowest BCUT2D eigenvalue weighted by molar-refractivity contribution is 0.102. The Balaban J connectivity index is 2.28. The van der Waals surface area contributed by atoms with Crippen LogP contribution in [0.2, 0.25) is 0 Å². The summed E-state index contributed by atoms with van der Waals surface area (Å²) in [5, 5.41) is 2.36. The number of rotatable bonds is 2. The first kappa shape index (κ1) is 14.5. The van der Waals surface area contributed by atoms with Gasteiger partial charge in [-0.15, -0.1) is 0 Å². The summed E-state index contributed by atoms with van der Waals surface area (Å²) in [6, 6.07) is 3.17. The van der Waals surface area contributed by atoms with E-state index in [0.717, 1.165) is 11.6 Å². The fourth-order valence-corrected chi connectivity index (χ4v) is 1.74. The molecule has 0 fully saturated rings. The number of pyridine rings is 1. The molecule has 0 spiro atoms. The molecule has 0 aliphatic carbocycles. The molecule has 1 heterocycles. The van der Waals surface area contributed by atoms with Crippen molar-refractivity contribution in [3.05, 3.63) is 57.6 Å². The molecular weight excluding hydrogens is 337 g/mol. The monoisotopic (exact) mass is 344 g/mol. The minimum absolute atomic E-state index is 0.319. The van der Waals surface area contributed by atoms with Gasteiger partial charge in [0.05, 0.1) is 17.4 Å². The summed E-state index contributed by atoms with van der Waals surface area (Å²) in [6.07, 6.45) is 1.35. The first-order chi connectivity index (χ1) is 9.40. The van der Waals surface area contributed by atoms with Gasteiger partial charge < -0.3 is 5.32 Å². The summed E-state index contributed by atoms with van der Waals surface area (Å²) in [6.45, 7) is 1.75. The van der Waals surface area contributed by atoms with E-state index in [2.05, 4.69) is 26.2 Å². The highest BCUT2D eigenvalue weighted by molar-refractivity contribution is 9.10. The van der Waals surface area contributed by atoms with Gasteiger partial charge in [-0.05, 0) is 46.6 Å². The minimum Gasteiger partial charge on any atom is -0.320 e. The molecule has 2 aromatic rings. The molecule has 7 heteroatoms. The van der Waals surface area contributed by atoms with Crippen molar-refractivity contribution in [3.63, 3.8) is 0 Å². The molecule has 3 nitrogen and oxygen atoms in total. The third-order valence-electron chi connectivity index (χ3n) is 2.55. The van der Waals surface area contributed by atoms with Gasteiger partial charge in [0, 0.05) is 0 Å². The lowest BCUT2D eigenvalue weighted by Gasteiger charge is -2.08. The summed E-state index contributed by atoms with van der Waals surface area (Å²) in [5.74, 6) is -5.43. The highest BCUT2D eigenvalue weighted by Crippen LogP contribution is 2.19. The molecule has 0 aliphatic heterocycles. The molecule has 0 atom stereocenters. The molecule has 0 saturated heterocycles. The summed E-state index contributed by atoms with van der Waals surface area (Å²) < 4.78 is 39.9. The van der Waals surface area contributed by atoms with Crippen molar-refractivity contribution in [1.82, 2.24) is 4.98 Å². The minimum atomic E-state index is -1.68. The number of carbonyl (C=O) groups excluding carboxylic acids is 1. The number of nitrogens with zero attached hydrogens (tertiary/aromatic N) is 1. The smallest absolute Gasteiger partial charge is 0.258 e. The molecule has 1 aromatic carbocycles. The van der Waals surface area contributed by atoms with Crippen LogP contribution in [0.1, 0.15) is 15.9 Å². The van der Waals surface area contributed by atoms with Crippen molar-refractivity contribution >= 4 is 27.5 Å².